The smallest absolute Gasteiger partial charge is 0.408 e. The van der Waals surface area contributed by atoms with E-state index >= 15 is 0 Å². The molecule has 18 bridgehead atoms. The highest BCUT2D eigenvalue weighted by Crippen LogP contribution is 2.63. The van der Waals surface area contributed by atoms with E-state index in [4.69, 9.17) is 61.0 Å². The molecule has 23 aliphatic rings. The number of esters is 10. The summed E-state index contributed by atoms with van der Waals surface area (Å²) in [7, 11) is -40.4. The third-order valence-corrected chi connectivity index (χ3v) is 38.4. The third-order valence-electron chi connectivity index (χ3n) is 31.9. The van der Waals surface area contributed by atoms with E-state index in [0.717, 1.165) is 152 Å². The van der Waals surface area contributed by atoms with E-state index in [0.29, 0.717) is 87.7 Å². The Bertz CT molecular complexity index is 5920. The van der Waals surface area contributed by atoms with Crippen molar-refractivity contribution < 1.29 is 226 Å². The largest absolute Gasteiger partial charge is 0.748 e. The van der Waals surface area contributed by atoms with Gasteiger partial charge in [0.25, 0.3) is 10.1 Å². The van der Waals surface area contributed by atoms with E-state index in [-0.39, 0.29) is 65.1 Å². The summed E-state index contributed by atoms with van der Waals surface area (Å²) in [4.78, 5) is 126. The molecule has 23 fully saturated rings. The number of ether oxygens (including phenoxy) is 12. The molecule has 0 radical (unpaired) electrons. The topological polar surface area (TPSA) is 812 Å². The molecule has 5 heterocycles. The van der Waals surface area contributed by atoms with Gasteiger partial charge < -0.3 is 98.6 Å². The van der Waals surface area contributed by atoms with Crippen LogP contribution >= 0.6 is 0 Å². The molecule has 51 nitrogen and oxygen atoms in total. The van der Waals surface area contributed by atoms with Crippen LogP contribution in [0.1, 0.15) is 245 Å². The second-order valence-corrected chi connectivity index (χ2v) is 58.2. The fourth-order valence-electron chi connectivity index (χ4n) is 28.1. The first-order valence-electron chi connectivity index (χ1n) is 50.3. The second kappa shape index (κ2) is 47.5. The van der Waals surface area contributed by atoms with Crippen LogP contribution in [0.3, 0.4) is 0 Å². The van der Waals surface area contributed by atoms with Crippen LogP contribution in [0.15, 0.2) is 0 Å². The number of carbonyl (C=O) groups excluding carboxylic acids is 11. The Labute approximate surface area is 870 Å². The Morgan fingerprint density at radius 3 is 1.19 bits per heavy atom. The minimum Gasteiger partial charge on any atom is -0.748 e. The Balaban J connectivity index is 0.000000144. The summed E-state index contributed by atoms with van der Waals surface area (Å²) < 4.78 is 341. The van der Waals surface area contributed by atoms with Crippen molar-refractivity contribution in [2.75, 3.05) is 59.2 Å². The van der Waals surface area contributed by atoms with Crippen LogP contribution in [0.4, 0.5) is 4.79 Å². The number of fused-ring (bicyclic) bond motifs is 3. The first kappa shape index (κ1) is 120. The fraction of sp³-hybridized carbons (Fsp3) is 0.878. The van der Waals surface area contributed by atoms with Crippen molar-refractivity contribution in [3.63, 3.8) is 0 Å². The summed E-state index contributed by atoms with van der Waals surface area (Å²) in [5.74, 6) is -12.1. The van der Waals surface area contributed by atoms with Gasteiger partial charge in [0, 0.05) is 41.0 Å². The summed E-state index contributed by atoms with van der Waals surface area (Å²) in [5, 5.41) is 2.45. The molecule has 17 atom stereocenters. The first-order valence-corrected chi connectivity index (χ1v) is 64.4. The van der Waals surface area contributed by atoms with E-state index < -0.39 is 262 Å². The molecule has 5 saturated heterocycles. The van der Waals surface area contributed by atoms with Gasteiger partial charge in [-0.05, 0) is 266 Å². The molecular weight excluding hydrogens is 2180 g/mol. The van der Waals surface area contributed by atoms with Crippen molar-refractivity contribution in [3.8, 4) is 0 Å². The minimum absolute atomic E-state index is 0.0368. The Morgan fingerprint density at radius 1 is 0.373 bits per heavy atom. The van der Waals surface area contributed by atoms with Gasteiger partial charge in [-0.15, -0.1) is 0 Å². The monoisotopic (exact) mass is 2310 g/mol. The van der Waals surface area contributed by atoms with Crippen LogP contribution in [0.5, 0.6) is 0 Å². The zero-order valence-electron chi connectivity index (χ0n) is 82.5. The molecule has 18 aliphatic carbocycles. The van der Waals surface area contributed by atoms with Crippen molar-refractivity contribution in [3.05, 3.63) is 0 Å². The number of nitrogens with one attached hydrogen (secondary N) is 1. The summed E-state index contributed by atoms with van der Waals surface area (Å²) >= 11 is 0. The zero-order chi connectivity index (χ0) is 110. The quantitative estimate of drug-likeness (QED) is 0.0403. The molecule has 17 unspecified atom stereocenters. The molecule has 23 rings (SSSR count). The van der Waals surface area contributed by atoms with Gasteiger partial charge in [0.15, 0.2) is 12.2 Å². The first-order chi connectivity index (χ1) is 69.3. The van der Waals surface area contributed by atoms with Crippen LogP contribution in [0, 0.1) is 100 Å². The molecule has 1 N–H and O–H groups in total. The van der Waals surface area contributed by atoms with E-state index in [1.54, 1.807) is 20.8 Å². The maximum Gasteiger partial charge on any atom is 0.408 e. The lowest BCUT2D eigenvalue weighted by atomic mass is 9.50. The fourth-order valence-corrected chi connectivity index (χ4v) is 32.8. The number of alkyl carbamates (subject to hydrolysis) is 1. The van der Waals surface area contributed by atoms with Crippen molar-refractivity contribution in [2.24, 2.45) is 100 Å². The van der Waals surface area contributed by atoms with Gasteiger partial charge in [-0.3, -0.25) is 52.1 Å². The lowest BCUT2D eigenvalue weighted by molar-refractivity contribution is -0.189. The van der Waals surface area contributed by atoms with Gasteiger partial charge >= 0.3 is 65.8 Å². The minimum atomic E-state index is -4.70. The number of amides is 1. The molecule has 0 spiro atoms. The van der Waals surface area contributed by atoms with Crippen molar-refractivity contribution in [1.29, 1.82) is 0 Å². The van der Waals surface area contributed by atoms with E-state index in [1.807, 2.05) is 0 Å². The number of rotatable bonds is 27. The van der Waals surface area contributed by atoms with Gasteiger partial charge in [0.2, 0.25) is 0 Å². The molecule has 60 heteroatoms. The maximum atomic E-state index is 12.3. The normalized spacial score (nSPS) is 35.7. The van der Waals surface area contributed by atoms with Crippen LogP contribution in [0.25, 0.3) is 0 Å². The molecule has 5 aliphatic heterocycles. The lowest BCUT2D eigenvalue weighted by Gasteiger charge is -2.61. The molecule has 854 valence electrons. The average Bonchev–Trinajstić information content (AvgIpc) is 0.802. The number of carbonyl (C=O) groups is 11. The number of hydrogen-bond donors (Lipinski definition) is 1. The molecular formula is C90H127NO50S9-8. The maximum absolute atomic E-state index is 12.3. The molecule has 0 aromatic heterocycles. The van der Waals surface area contributed by atoms with E-state index in [1.165, 1.54) is 57.8 Å². The van der Waals surface area contributed by atoms with Gasteiger partial charge in [-0.1, -0.05) is 32.1 Å². The van der Waals surface area contributed by atoms with Crippen molar-refractivity contribution in [1.82, 2.24) is 5.32 Å². The number of hydrogen-bond acceptors (Lipinski definition) is 50. The van der Waals surface area contributed by atoms with E-state index in [9.17, 15) is 165 Å². The molecule has 18 saturated carbocycles. The van der Waals surface area contributed by atoms with Gasteiger partial charge in [0.05, 0.1) is 36.4 Å². The summed E-state index contributed by atoms with van der Waals surface area (Å²) in [6, 6.07) is 0. The standard InChI is InChI=1S/C17H27NO7S.2C13H20O5S.C10H12O7S.C10H18O5S.C9H12O8S2.C9H10O8S.C9H16O5S/c1-15(2,3)25-14(20)18-16-5-11-4-12(6-16)8-17(7-11,10-16)24-13(19)9-26(21,22)23;14-12(7-19(15,16)17)18-8-13-4-9-1-10(5-13)3-11(2-9)6-13;14-13(7-19(15,16)17)18-6-12-10-2-8-1-9(4-10)5-11(12)3-8;11-7(3-18(13,14)15)16-8-4-1-5-6(2-4)10(12)17-9(5)8;11-10(8-16(12,13)14)15-9-6-4-2-1-3-5-7-9;10-7(3-18(11,12)13)16-8-4-1-5-6(2-4)19(14,15)17-9(5)8;10-5(2-18(12,13)14)16-7-4-1-3-6(15-4)8(7)17-9(3)11;10-9(7-15(11,12)13)14-8-5-3-1-2-4-6-8/h11-12H,4-10H2,1-3H3,(H,18,20)(H,21,22,23);9-11H,1-8H2,(H,15,16,17);8-12H,1-7H2,(H,15,16,17);4-6,8-9H,1-3H2,(H,13,14,15);9H,1-8H2,(H,12,13,14);4-6,8-9H,1-3H2,(H,11,12,13);3-4,6-8H,1-2H2,(H,12,13,14);8H,1-7H2,(H,11,12,13)/p-8. The summed E-state index contributed by atoms with van der Waals surface area (Å²) in [5.41, 5.74) is -1.86. The Hall–Kier alpha value is -6.88. The van der Waals surface area contributed by atoms with Gasteiger partial charge in [-0.2, -0.15) is 8.42 Å². The predicted molar refractivity (Wildman–Crippen MR) is 495 cm³/mol. The van der Waals surface area contributed by atoms with Crippen LogP contribution in [-0.2, 0) is 200 Å². The summed E-state index contributed by atoms with van der Waals surface area (Å²) in [6.45, 7) is 5.96. The van der Waals surface area contributed by atoms with Gasteiger partial charge in [0.1, 0.15) is 181 Å². The molecule has 0 aromatic carbocycles. The second-order valence-electron chi connectivity index (χ2n) is 45.2. The highest BCUT2D eigenvalue weighted by molar-refractivity contribution is 7.88. The highest BCUT2D eigenvalue weighted by Gasteiger charge is 2.68. The Morgan fingerprint density at radius 2 is 0.747 bits per heavy atom. The van der Waals surface area contributed by atoms with Crippen LogP contribution in [-0.4, -0.2) is 320 Å². The lowest BCUT2D eigenvalue weighted by Crippen LogP contribution is -2.66. The zero-order valence-corrected chi connectivity index (χ0v) is 89.8. The average molecular weight is 2310 g/mol. The molecule has 150 heavy (non-hydrogen) atoms. The van der Waals surface area contributed by atoms with Crippen molar-refractivity contribution in [2.45, 2.75) is 329 Å². The molecule has 0 aromatic rings. The summed E-state index contributed by atoms with van der Waals surface area (Å²) in [6.07, 6.45) is 27.4. The third kappa shape index (κ3) is 34.8. The van der Waals surface area contributed by atoms with Crippen molar-refractivity contribution >= 4 is 157 Å². The van der Waals surface area contributed by atoms with Crippen LogP contribution in [0.2, 0.25) is 0 Å². The van der Waals surface area contributed by atoms with Crippen LogP contribution < -0.4 is 5.32 Å². The van der Waals surface area contributed by atoms with Gasteiger partial charge in [-0.25, -0.2) is 72.1 Å². The van der Waals surface area contributed by atoms with E-state index in [2.05, 4.69) is 5.32 Å². The SMILES string of the molecule is CC(C)(C)OC(=O)NC12CC3CC(C1)CC(OC(=O)CS(=O)(=O)[O-])(C3)C2.O=C(CS(=O)(=O)[O-])OC1C2CC3C(=O)OC1C3C2.O=C(CS(=O)(=O)[O-])OC1C2CC3C(=O)OC1C3O2.O=C(CS(=O)(=O)[O-])OC1C2CC3C1OS(=O)(=O)C3C2.O=C(CS(=O)(=O)[O-])OC1CCCCCC1.O=C(CS(=O)(=O)[O-])OC1CCCCCCC1.O=C(CS(=O)(=O)[O-])OCC12CC3CC(CC(C3)C1)C2.O=C(CS(=O)(=O)[O-])OCC1C2CC3CC(C2)CC1C3. The Kier molecular flexibility index (Phi) is 38.0. The highest BCUT2D eigenvalue weighted by atomic mass is 32.3. The molecule has 1 amide bonds. The predicted octanol–water partition coefficient (Wildman–Crippen LogP) is 1.88.